The molecule has 0 heterocycles. The third kappa shape index (κ3) is 6.79. The van der Waals surface area contributed by atoms with Crippen molar-refractivity contribution in [2.75, 3.05) is 20.3 Å². The molecule has 0 saturated heterocycles. The fourth-order valence-corrected chi connectivity index (χ4v) is 0.401. The Morgan fingerprint density at radius 3 is 2.00 bits per heavy atom. The molecule has 0 aromatic rings. The van der Waals surface area contributed by atoms with Crippen LogP contribution in [0, 0.1) is 0 Å². The maximum atomic E-state index is 10.7. The minimum Gasteiger partial charge on any atom is -0.466 e. The molecule has 0 fully saturated rings. The number of rotatable bonds is 4. The Kier molecular flexibility index (Phi) is 5.25. The lowest BCUT2D eigenvalue weighted by Crippen LogP contribution is -2.19. The lowest BCUT2D eigenvalue weighted by atomic mass is 10.6. The van der Waals surface area contributed by atoms with Gasteiger partial charge >= 0.3 is 17.9 Å². The smallest absolute Gasteiger partial charge is 0.344 e. The Hall–Kier alpha value is -1.59. The zero-order valence-electron chi connectivity index (χ0n) is 7.36. The van der Waals surface area contributed by atoms with Crippen LogP contribution in [0.3, 0.4) is 0 Å². The summed E-state index contributed by atoms with van der Waals surface area (Å²) in [4.78, 5) is 31.3. The Morgan fingerprint density at radius 2 is 1.54 bits per heavy atom. The monoisotopic (exact) mass is 190 g/mol. The second kappa shape index (κ2) is 5.99. The van der Waals surface area contributed by atoms with E-state index in [1.54, 1.807) is 0 Å². The third-order valence-electron chi connectivity index (χ3n) is 0.972. The van der Waals surface area contributed by atoms with Gasteiger partial charge in [-0.15, -0.1) is 0 Å². The summed E-state index contributed by atoms with van der Waals surface area (Å²) in [5.74, 6) is -2.05. The van der Waals surface area contributed by atoms with Gasteiger partial charge in [0.25, 0.3) is 0 Å². The molecular formula is C7H10O6. The molecule has 0 spiro atoms. The van der Waals surface area contributed by atoms with Crippen LogP contribution in [0.5, 0.6) is 0 Å². The van der Waals surface area contributed by atoms with E-state index >= 15 is 0 Å². The van der Waals surface area contributed by atoms with E-state index in [9.17, 15) is 14.4 Å². The predicted molar refractivity (Wildman–Crippen MR) is 39.6 cm³/mol. The lowest BCUT2D eigenvalue weighted by Gasteiger charge is -2.02. The van der Waals surface area contributed by atoms with Crippen LogP contribution in [0.4, 0.5) is 0 Å². The molecule has 0 rings (SSSR count). The molecule has 74 valence electrons. The zero-order valence-corrected chi connectivity index (χ0v) is 7.36. The van der Waals surface area contributed by atoms with E-state index < -0.39 is 31.1 Å². The van der Waals surface area contributed by atoms with Crippen molar-refractivity contribution in [1.82, 2.24) is 0 Å². The topological polar surface area (TPSA) is 78.9 Å². The first-order chi connectivity index (χ1) is 6.06. The van der Waals surface area contributed by atoms with Gasteiger partial charge < -0.3 is 14.2 Å². The van der Waals surface area contributed by atoms with Gasteiger partial charge in [-0.25, -0.2) is 9.59 Å². The van der Waals surface area contributed by atoms with Crippen molar-refractivity contribution in [2.24, 2.45) is 0 Å². The van der Waals surface area contributed by atoms with Crippen molar-refractivity contribution in [3.63, 3.8) is 0 Å². The van der Waals surface area contributed by atoms with Gasteiger partial charge in [0.1, 0.15) is 0 Å². The van der Waals surface area contributed by atoms with Gasteiger partial charge in [-0.05, 0) is 0 Å². The van der Waals surface area contributed by atoms with Crippen LogP contribution in [-0.4, -0.2) is 38.2 Å². The fourth-order valence-electron chi connectivity index (χ4n) is 0.401. The number of hydrogen-bond donors (Lipinski definition) is 0. The summed E-state index contributed by atoms with van der Waals surface area (Å²) in [7, 11) is 1.17. The second-order valence-corrected chi connectivity index (χ2v) is 2.02. The molecule has 0 amide bonds. The number of carbonyl (C=O) groups is 3. The van der Waals surface area contributed by atoms with Crippen LogP contribution in [0.2, 0.25) is 0 Å². The van der Waals surface area contributed by atoms with E-state index in [0.29, 0.717) is 0 Å². The number of ether oxygens (including phenoxy) is 3. The molecule has 0 radical (unpaired) electrons. The van der Waals surface area contributed by atoms with Gasteiger partial charge in [0, 0.05) is 6.92 Å². The third-order valence-corrected chi connectivity index (χ3v) is 0.972. The van der Waals surface area contributed by atoms with Crippen LogP contribution in [0.1, 0.15) is 6.92 Å². The summed E-state index contributed by atoms with van der Waals surface area (Å²) in [5, 5.41) is 0. The minimum absolute atomic E-state index is 0.476. The maximum Gasteiger partial charge on any atom is 0.344 e. The Labute approximate surface area is 74.8 Å². The molecule has 0 unspecified atom stereocenters. The molecule has 0 aliphatic rings. The van der Waals surface area contributed by atoms with Crippen molar-refractivity contribution >= 4 is 17.9 Å². The van der Waals surface area contributed by atoms with Crippen molar-refractivity contribution in [2.45, 2.75) is 6.92 Å². The first kappa shape index (κ1) is 11.4. The molecule has 6 nitrogen and oxygen atoms in total. The van der Waals surface area contributed by atoms with Crippen molar-refractivity contribution in [1.29, 1.82) is 0 Å². The summed E-state index contributed by atoms with van der Waals surface area (Å²) in [6.07, 6.45) is 0. The van der Waals surface area contributed by atoms with Crippen LogP contribution in [-0.2, 0) is 28.6 Å². The predicted octanol–water partition coefficient (Wildman–Crippen LogP) is -0.734. The second-order valence-electron chi connectivity index (χ2n) is 2.02. The molecule has 13 heavy (non-hydrogen) atoms. The Bertz CT molecular complexity index is 209. The molecule has 6 heteroatoms. The highest BCUT2D eigenvalue weighted by atomic mass is 16.6. The van der Waals surface area contributed by atoms with E-state index in [-0.39, 0.29) is 0 Å². The number of carbonyl (C=O) groups excluding carboxylic acids is 3. The van der Waals surface area contributed by atoms with Crippen molar-refractivity contribution in [3.8, 4) is 0 Å². The fraction of sp³-hybridized carbons (Fsp3) is 0.571. The van der Waals surface area contributed by atoms with E-state index in [2.05, 4.69) is 14.2 Å². The largest absolute Gasteiger partial charge is 0.466 e. The average molecular weight is 190 g/mol. The summed E-state index contributed by atoms with van der Waals surface area (Å²) in [6, 6.07) is 0. The number of methoxy groups -OCH3 is 1. The molecule has 0 aliphatic heterocycles. The lowest BCUT2D eigenvalue weighted by molar-refractivity contribution is -0.163. The molecule has 0 aromatic heterocycles. The molecule has 0 saturated carbocycles. The van der Waals surface area contributed by atoms with E-state index in [1.807, 2.05) is 0 Å². The van der Waals surface area contributed by atoms with Gasteiger partial charge in [-0.1, -0.05) is 0 Å². The van der Waals surface area contributed by atoms with Crippen LogP contribution in [0.15, 0.2) is 0 Å². The van der Waals surface area contributed by atoms with Gasteiger partial charge in [-0.3, -0.25) is 4.79 Å². The molecule has 0 aromatic carbocycles. The zero-order chi connectivity index (χ0) is 10.3. The van der Waals surface area contributed by atoms with Crippen molar-refractivity contribution < 1.29 is 28.6 Å². The van der Waals surface area contributed by atoms with E-state index in [1.165, 1.54) is 7.11 Å². The number of esters is 3. The van der Waals surface area contributed by atoms with Gasteiger partial charge in [0.2, 0.25) is 0 Å². The van der Waals surface area contributed by atoms with Crippen LogP contribution < -0.4 is 0 Å². The summed E-state index contributed by atoms with van der Waals surface area (Å²) in [6.45, 7) is 0.191. The highest BCUT2D eigenvalue weighted by Gasteiger charge is 2.08. The standard InChI is InChI=1S/C7H10O6/c1-5(8)12-4-7(10)13-3-6(9)11-2/h3-4H2,1-2H3. The highest BCUT2D eigenvalue weighted by Crippen LogP contribution is 1.84. The van der Waals surface area contributed by atoms with E-state index in [4.69, 9.17) is 0 Å². The first-order valence-electron chi connectivity index (χ1n) is 3.42. The quantitative estimate of drug-likeness (QED) is 0.429. The molecule has 0 N–H and O–H groups in total. The average Bonchev–Trinajstić information content (AvgIpc) is 2.10. The Morgan fingerprint density at radius 1 is 1.00 bits per heavy atom. The van der Waals surface area contributed by atoms with Gasteiger partial charge in [-0.2, -0.15) is 0 Å². The van der Waals surface area contributed by atoms with E-state index in [0.717, 1.165) is 6.92 Å². The normalized spacial score (nSPS) is 8.77. The van der Waals surface area contributed by atoms with Crippen LogP contribution >= 0.6 is 0 Å². The maximum absolute atomic E-state index is 10.7. The van der Waals surface area contributed by atoms with Gasteiger partial charge in [0.15, 0.2) is 13.2 Å². The summed E-state index contributed by atoms with van der Waals surface area (Å²) in [5.41, 5.74) is 0. The molecule has 0 bridgehead atoms. The molecule has 0 atom stereocenters. The molecule has 0 aliphatic carbocycles. The summed E-state index contributed by atoms with van der Waals surface area (Å²) >= 11 is 0. The first-order valence-corrected chi connectivity index (χ1v) is 3.42. The van der Waals surface area contributed by atoms with Gasteiger partial charge in [0.05, 0.1) is 7.11 Å². The minimum atomic E-state index is -0.791. The molecular weight excluding hydrogens is 180 g/mol. The Balaban J connectivity index is 3.52. The SMILES string of the molecule is COC(=O)COC(=O)COC(C)=O. The van der Waals surface area contributed by atoms with Crippen LogP contribution in [0.25, 0.3) is 0 Å². The highest BCUT2D eigenvalue weighted by molar-refractivity contribution is 5.78. The van der Waals surface area contributed by atoms with Crippen molar-refractivity contribution in [3.05, 3.63) is 0 Å². The summed E-state index contributed by atoms with van der Waals surface area (Å²) < 4.78 is 12.9. The number of hydrogen-bond acceptors (Lipinski definition) is 6.